The van der Waals surface area contributed by atoms with E-state index in [4.69, 9.17) is 4.74 Å². The molecule has 0 atom stereocenters. The zero-order valence-corrected chi connectivity index (χ0v) is 15.5. The standard InChI is InChI=1S/C19H16F2N6O2/c1-26-8-7-16(25-26)24-19(28)12-10-22-27-14(17(20)21)9-13(23-18(12)27)11-5-3-4-6-15(11)29-2/h3-10,17H,1-2H3,(H,24,25,28). The van der Waals surface area contributed by atoms with Gasteiger partial charge in [0.25, 0.3) is 12.3 Å². The Kier molecular flexibility index (Phi) is 4.67. The van der Waals surface area contributed by atoms with Crippen molar-refractivity contribution in [2.24, 2.45) is 7.05 Å². The lowest BCUT2D eigenvalue weighted by Gasteiger charge is -2.11. The molecule has 0 fully saturated rings. The lowest BCUT2D eigenvalue weighted by molar-refractivity contribution is 0.102. The number of nitrogens with one attached hydrogen (secondary N) is 1. The summed E-state index contributed by atoms with van der Waals surface area (Å²) in [4.78, 5) is 17.1. The fraction of sp³-hybridized carbons (Fsp3) is 0.158. The Morgan fingerprint density at radius 2 is 2.03 bits per heavy atom. The van der Waals surface area contributed by atoms with Gasteiger partial charge >= 0.3 is 0 Å². The SMILES string of the molecule is COc1ccccc1-c1cc(C(F)F)n2ncc(C(=O)Nc3ccn(C)n3)c2n1. The Balaban J connectivity index is 1.85. The van der Waals surface area contributed by atoms with E-state index in [-0.39, 0.29) is 22.6 Å². The van der Waals surface area contributed by atoms with Gasteiger partial charge in [0.15, 0.2) is 11.5 Å². The van der Waals surface area contributed by atoms with Gasteiger partial charge in [-0.3, -0.25) is 9.48 Å². The van der Waals surface area contributed by atoms with E-state index in [2.05, 4.69) is 20.5 Å². The Bertz CT molecular complexity index is 1200. The third-order valence-electron chi connectivity index (χ3n) is 4.31. The number of anilines is 1. The van der Waals surface area contributed by atoms with Gasteiger partial charge in [0.05, 0.1) is 19.0 Å². The maximum absolute atomic E-state index is 13.7. The molecule has 0 aliphatic carbocycles. The van der Waals surface area contributed by atoms with E-state index in [1.165, 1.54) is 24.1 Å². The molecule has 3 aromatic heterocycles. The van der Waals surface area contributed by atoms with Crippen molar-refractivity contribution < 1.29 is 18.3 Å². The normalized spacial score (nSPS) is 11.2. The molecule has 0 bridgehead atoms. The fourth-order valence-corrected chi connectivity index (χ4v) is 2.96. The molecule has 0 saturated heterocycles. The first kappa shape index (κ1) is 18.5. The maximum Gasteiger partial charge on any atom is 0.280 e. The molecule has 1 aromatic carbocycles. The summed E-state index contributed by atoms with van der Waals surface area (Å²) in [6.45, 7) is 0. The Morgan fingerprint density at radius 1 is 1.24 bits per heavy atom. The number of rotatable bonds is 5. The van der Waals surface area contributed by atoms with E-state index < -0.39 is 12.3 Å². The largest absolute Gasteiger partial charge is 0.496 e. The fourth-order valence-electron chi connectivity index (χ4n) is 2.96. The molecule has 4 rings (SSSR count). The van der Waals surface area contributed by atoms with Crippen LogP contribution in [0, 0.1) is 0 Å². The summed E-state index contributed by atoms with van der Waals surface area (Å²) in [6.07, 6.45) is 0.0532. The summed E-state index contributed by atoms with van der Waals surface area (Å²) in [6, 6.07) is 9.77. The molecule has 148 valence electrons. The van der Waals surface area contributed by atoms with Crippen molar-refractivity contribution in [1.29, 1.82) is 0 Å². The van der Waals surface area contributed by atoms with Crippen LogP contribution in [0.1, 0.15) is 22.5 Å². The van der Waals surface area contributed by atoms with Gasteiger partial charge in [0.1, 0.15) is 17.0 Å². The van der Waals surface area contributed by atoms with Crippen molar-refractivity contribution in [1.82, 2.24) is 24.4 Å². The number of nitrogens with zero attached hydrogens (tertiary/aromatic N) is 5. The van der Waals surface area contributed by atoms with Crippen molar-refractivity contribution in [2.45, 2.75) is 6.43 Å². The van der Waals surface area contributed by atoms with Crippen LogP contribution in [-0.2, 0) is 7.05 Å². The van der Waals surface area contributed by atoms with Crippen LogP contribution in [0.5, 0.6) is 5.75 Å². The maximum atomic E-state index is 13.7. The molecular weight excluding hydrogens is 382 g/mol. The molecule has 10 heteroatoms. The Hall–Kier alpha value is -3.82. The minimum absolute atomic E-state index is 0.0112. The van der Waals surface area contributed by atoms with Gasteiger partial charge in [0, 0.05) is 24.9 Å². The smallest absolute Gasteiger partial charge is 0.280 e. The summed E-state index contributed by atoms with van der Waals surface area (Å²) in [5.41, 5.74) is 0.452. The Morgan fingerprint density at radius 3 is 2.72 bits per heavy atom. The van der Waals surface area contributed by atoms with Crippen LogP contribution in [0.4, 0.5) is 14.6 Å². The van der Waals surface area contributed by atoms with Crippen LogP contribution in [0.2, 0.25) is 0 Å². The van der Waals surface area contributed by atoms with E-state index in [1.807, 2.05) is 0 Å². The number of para-hydroxylation sites is 1. The topological polar surface area (TPSA) is 86.3 Å². The summed E-state index contributed by atoms with van der Waals surface area (Å²) < 4.78 is 35.2. The molecule has 1 N–H and O–H groups in total. The summed E-state index contributed by atoms with van der Waals surface area (Å²) in [5, 5.41) is 10.6. The molecular formula is C19H16F2N6O2. The molecule has 0 radical (unpaired) electrons. The van der Waals surface area contributed by atoms with Gasteiger partial charge in [-0.1, -0.05) is 12.1 Å². The quantitative estimate of drug-likeness (QED) is 0.557. The summed E-state index contributed by atoms with van der Waals surface area (Å²) >= 11 is 0. The minimum atomic E-state index is -2.82. The molecule has 1 amide bonds. The van der Waals surface area contributed by atoms with Crippen LogP contribution >= 0.6 is 0 Å². The minimum Gasteiger partial charge on any atom is -0.496 e. The second-order valence-corrected chi connectivity index (χ2v) is 6.19. The number of alkyl halides is 2. The average Bonchev–Trinajstić information content (AvgIpc) is 3.32. The summed E-state index contributed by atoms with van der Waals surface area (Å²) in [7, 11) is 3.19. The second-order valence-electron chi connectivity index (χ2n) is 6.19. The van der Waals surface area contributed by atoms with E-state index in [0.29, 0.717) is 17.1 Å². The van der Waals surface area contributed by atoms with Gasteiger partial charge in [-0.25, -0.2) is 18.3 Å². The first-order valence-corrected chi connectivity index (χ1v) is 8.59. The number of hydrogen-bond donors (Lipinski definition) is 1. The number of hydrogen-bond acceptors (Lipinski definition) is 5. The van der Waals surface area contributed by atoms with E-state index in [1.54, 1.807) is 43.6 Å². The van der Waals surface area contributed by atoms with Crippen molar-refractivity contribution in [3.05, 3.63) is 60.0 Å². The highest BCUT2D eigenvalue weighted by Gasteiger charge is 2.22. The molecule has 0 saturated carbocycles. The first-order valence-electron chi connectivity index (χ1n) is 8.59. The number of benzene rings is 1. The van der Waals surface area contributed by atoms with Crippen LogP contribution in [0.3, 0.4) is 0 Å². The predicted octanol–water partition coefficient (Wildman–Crippen LogP) is 3.33. The van der Waals surface area contributed by atoms with Gasteiger partial charge in [-0.2, -0.15) is 10.2 Å². The van der Waals surface area contributed by atoms with Gasteiger partial charge in [-0.15, -0.1) is 0 Å². The first-order chi connectivity index (χ1) is 14.0. The highest BCUT2D eigenvalue weighted by molar-refractivity contribution is 6.07. The zero-order valence-electron chi connectivity index (χ0n) is 15.5. The van der Waals surface area contributed by atoms with Crippen molar-refractivity contribution in [3.8, 4) is 17.0 Å². The third kappa shape index (κ3) is 3.40. The number of aryl methyl sites for hydroxylation is 1. The number of aromatic nitrogens is 5. The average molecular weight is 398 g/mol. The van der Waals surface area contributed by atoms with Crippen LogP contribution in [0.25, 0.3) is 16.9 Å². The van der Waals surface area contributed by atoms with E-state index in [0.717, 1.165) is 4.52 Å². The molecule has 29 heavy (non-hydrogen) atoms. The Labute approximate surface area is 163 Å². The molecule has 4 aromatic rings. The molecule has 8 nitrogen and oxygen atoms in total. The van der Waals surface area contributed by atoms with Crippen molar-refractivity contribution in [2.75, 3.05) is 12.4 Å². The van der Waals surface area contributed by atoms with E-state index >= 15 is 0 Å². The van der Waals surface area contributed by atoms with Crippen LogP contribution < -0.4 is 10.1 Å². The lowest BCUT2D eigenvalue weighted by Crippen LogP contribution is -2.13. The zero-order chi connectivity index (χ0) is 20.5. The summed E-state index contributed by atoms with van der Waals surface area (Å²) in [5.74, 6) is 0.249. The number of ether oxygens (including phenoxy) is 1. The second kappa shape index (κ2) is 7.30. The number of amides is 1. The van der Waals surface area contributed by atoms with Gasteiger partial charge < -0.3 is 10.1 Å². The highest BCUT2D eigenvalue weighted by Crippen LogP contribution is 2.32. The molecule has 0 unspecified atom stereocenters. The molecule has 0 aliphatic heterocycles. The number of carbonyl (C=O) groups excluding carboxylic acids is 1. The van der Waals surface area contributed by atoms with Gasteiger partial charge in [-0.05, 0) is 18.2 Å². The molecule has 0 aliphatic rings. The third-order valence-corrected chi connectivity index (χ3v) is 4.31. The van der Waals surface area contributed by atoms with Gasteiger partial charge in [0.2, 0.25) is 0 Å². The molecule has 0 spiro atoms. The lowest BCUT2D eigenvalue weighted by atomic mass is 10.1. The predicted molar refractivity (Wildman–Crippen MR) is 101 cm³/mol. The number of fused-ring (bicyclic) bond motifs is 1. The highest BCUT2D eigenvalue weighted by atomic mass is 19.3. The molecule has 3 heterocycles. The number of halogens is 2. The van der Waals surface area contributed by atoms with Crippen LogP contribution in [0.15, 0.2) is 48.8 Å². The number of methoxy groups -OCH3 is 1. The van der Waals surface area contributed by atoms with Crippen LogP contribution in [-0.4, -0.2) is 37.4 Å². The van der Waals surface area contributed by atoms with Crippen molar-refractivity contribution in [3.63, 3.8) is 0 Å². The monoisotopic (exact) mass is 398 g/mol. The number of carbonyl (C=O) groups is 1. The van der Waals surface area contributed by atoms with E-state index in [9.17, 15) is 13.6 Å². The van der Waals surface area contributed by atoms with Crippen molar-refractivity contribution >= 4 is 17.4 Å².